The summed E-state index contributed by atoms with van der Waals surface area (Å²) in [5.74, 6) is 0. The van der Waals surface area contributed by atoms with E-state index < -0.39 is 0 Å². The third-order valence-electron chi connectivity index (χ3n) is 3.65. The highest BCUT2D eigenvalue weighted by Gasteiger charge is 2.13. The first-order valence-corrected chi connectivity index (χ1v) is 8.58. The summed E-state index contributed by atoms with van der Waals surface area (Å²) in [7, 11) is 0. The lowest BCUT2D eigenvalue weighted by molar-refractivity contribution is 0.210. The molecule has 0 amide bonds. The van der Waals surface area contributed by atoms with Gasteiger partial charge in [-0.1, -0.05) is 29.8 Å². The predicted octanol–water partition coefficient (Wildman–Crippen LogP) is 4.24. The number of alkyl halides is 1. The first-order valence-electron chi connectivity index (χ1n) is 7.46. The highest BCUT2D eigenvalue weighted by atomic mass is 79.9. The normalized spacial score (nSPS) is 12.0. The number of nitrogens with zero attached hydrogens (tertiary/aromatic N) is 3. The molecule has 0 aliphatic carbocycles. The molecule has 0 aromatic carbocycles. The molecule has 19 heavy (non-hydrogen) atoms. The monoisotopic (exact) mass is 329 g/mol. The maximum absolute atomic E-state index is 4.75. The van der Waals surface area contributed by atoms with Gasteiger partial charge in [0.25, 0.3) is 0 Å². The Labute approximate surface area is 126 Å². The van der Waals surface area contributed by atoms with Gasteiger partial charge in [0.05, 0.1) is 11.7 Å². The molecule has 0 N–H and O–H groups in total. The summed E-state index contributed by atoms with van der Waals surface area (Å²) in [6, 6.07) is 3.28. The maximum Gasteiger partial charge on any atom is 0.0764 e. The summed E-state index contributed by atoms with van der Waals surface area (Å²) < 4.78 is 2.14. The van der Waals surface area contributed by atoms with Crippen LogP contribution in [0.3, 0.4) is 0 Å². The first kappa shape index (κ1) is 16.7. The van der Waals surface area contributed by atoms with E-state index in [1.165, 1.54) is 12.1 Å². The Hall–Kier alpha value is -0.350. The number of hydrogen-bond acceptors (Lipinski definition) is 2. The van der Waals surface area contributed by atoms with Gasteiger partial charge in [0.1, 0.15) is 0 Å². The molecular weight excluding hydrogens is 302 g/mol. The molecule has 0 unspecified atom stereocenters. The fourth-order valence-corrected chi connectivity index (χ4v) is 2.57. The van der Waals surface area contributed by atoms with Crippen molar-refractivity contribution in [1.29, 1.82) is 0 Å². The molecule has 0 radical (unpaired) electrons. The number of rotatable bonds is 9. The lowest BCUT2D eigenvalue weighted by atomic mass is 10.2. The average molecular weight is 330 g/mol. The van der Waals surface area contributed by atoms with Crippen molar-refractivity contribution in [2.45, 2.75) is 65.6 Å². The van der Waals surface area contributed by atoms with Crippen LogP contribution in [0.4, 0.5) is 0 Å². The second kappa shape index (κ2) is 8.75. The molecule has 0 atom stereocenters. The summed E-state index contributed by atoms with van der Waals surface area (Å²) in [4.78, 5) is 2.49. The molecule has 1 aromatic heterocycles. The zero-order valence-electron chi connectivity index (χ0n) is 12.8. The van der Waals surface area contributed by atoms with Crippen molar-refractivity contribution in [3.05, 3.63) is 18.0 Å². The van der Waals surface area contributed by atoms with Crippen LogP contribution in [0.5, 0.6) is 0 Å². The Balaban J connectivity index is 2.64. The maximum atomic E-state index is 4.75. The first-order chi connectivity index (χ1) is 9.12. The minimum atomic E-state index is 0.545. The second-order valence-corrected chi connectivity index (χ2v) is 6.16. The SMILES string of the molecule is CCC(CC)n1ccc(CN(CCCBr)C(C)C)n1. The van der Waals surface area contributed by atoms with Gasteiger partial charge in [-0.2, -0.15) is 5.10 Å². The number of aromatic nitrogens is 2. The molecule has 3 nitrogen and oxygen atoms in total. The zero-order chi connectivity index (χ0) is 14.3. The minimum absolute atomic E-state index is 0.545. The Kier molecular flexibility index (Phi) is 7.69. The Bertz CT molecular complexity index is 345. The highest BCUT2D eigenvalue weighted by Crippen LogP contribution is 2.15. The molecule has 0 aliphatic heterocycles. The van der Waals surface area contributed by atoms with E-state index in [1.807, 2.05) is 0 Å². The van der Waals surface area contributed by atoms with E-state index in [0.29, 0.717) is 12.1 Å². The van der Waals surface area contributed by atoms with E-state index in [1.54, 1.807) is 0 Å². The van der Waals surface area contributed by atoms with Gasteiger partial charge in [-0.25, -0.2) is 0 Å². The molecular formula is C15H28BrN3. The quantitative estimate of drug-likeness (QED) is 0.632. The largest absolute Gasteiger partial charge is 0.295 e. The molecule has 1 rings (SSSR count). The predicted molar refractivity (Wildman–Crippen MR) is 85.8 cm³/mol. The summed E-state index contributed by atoms with van der Waals surface area (Å²) in [5, 5.41) is 5.81. The van der Waals surface area contributed by atoms with Gasteiger partial charge in [-0.15, -0.1) is 0 Å². The van der Waals surface area contributed by atoms with Gasteiger partial charge >= 0.3 is 0 Å². The fraction of sp³-hybridized carbons (Fsp3) is 0.800. The summed E-state index contributed by atoms with van der Waals surface area (Å²) in [6.45, 7) is 11.1. The molecule has 0 fully saturated rings. The van der Waals surface area contributed by atoms with Crippen molar-refractivity contribution >= 4 is 15.9 Å². The third-order valence-corrected chi connectivity index (χ3v) is 4.22. The Morgan fingerprint density at radius 1 is 1.32 bits per heavy atom. The van der Waals surface area contributed by atoms with E-state index >= 15 is 0 Å². The van der Waals surface area contributed by atoms with Crippen molar-refractivity contribution in [1.82, 2.24) is 14.7 Å². The van der Waals surface area contributed by atoms with E-state index in [4.69, 9.17) is 5.10 Å². The van der Waals surface area contributed by atoms with Crippen molar-refractivity contribution in [3.63, 3.8) is 0 Å². The van der Waals surface area contributed by atoms with Crippen molar-refractivity contribution in [2.24, 2.45) is 0 Å². The average Bonchev–Trinajstić information content (AvgIpc) is 2.84. The molecule has 4 heteroatoms. The lowest BCUT2D eigenvalue weighted by Gasteiger charge is -2.25. The van der Waals surface area contributed by atoms with Crippen LogP contribution in [0, 0.1) is 0 Å². The zero-order valence-corrected chi connectivity index (χ0v) is 14.4. The summed E-state index contributed by atoms with van der Waals surface area (Å²) in [6.07, 6.45) is 5.62. The third kappa shape index (κ3) is 5.27. The molecule has 110 valence electrons. The fourth-order valence-electron chi connectivity index (χ4n) is 2.32. The van der Waals surface area contributed by atoms with Gasteiger partial charge in [0.2, 0.25) is 0 Å². The van der Waals surface area contributed by atoms with Crippen molar-refractivity contribution < 1.29 is 0 Å². The highest BCUT2D eigenvalue weighted by molar-refractivity contribution is 9.09. The molecule has 0 aliphatic rings. The number of hydrogen-bond donors (Lipinski definition) is 0. The van der Waals surface area contributed by atoms with Crippen LogP contribution in [-0.4, -0.2) is 32.6 Å². The van der Waals surface area contributed by atoms with Gasteiger partial charge < -0.3 is 0 Å². The van der Waals surface area contributed by atoms with Gasteiger partial charge in [-0.3, -0.25) is 9.58 Å². The lowest BCUT2D eigenvalue weighted by Crippen LogP contribution is -2.31. The molecule has 0 saturated carbocycles. The standard InChI is InChI=1S/C15H28BrN3/c1-5-15(6-2)19-11-8-14(17-19)12-18(13(3)4)10-7-9-16/h8,11,13,15H,5-7,9-10,12H2,1-4H3. The van der Waals surface area contributed by atoms with Gasteiger partial charge in [-0.05, 0) is 45.7 Å². The van der Waals surface area contributed by atoms with E-state index in [-0.39, 0.29) is 0 Å². The van der Waals surface area contributed by atoms with Crippen LogP contribution in [0.25, 0.3) is 0 Å². The molecule has 0 bridgehead atoms. The van der Waals surface area contributed by atoms with E-state index in [2.05, 4.69) is 65.5 Å². The van der Waals surface area contributed by atoms with Crippen LogP contribution < -0.4 is 0 Å². The van der Waals surface area contributed by atoms with Crippen LogP contribution >= 0.6 is 15.9 Å². The second-order valence-electron chi connectivity index (χ2n) is 5.36. The Morgan fingerprint density at radius 2 is 2.00 bits per heavy atom. The van der Waals surface area contributed by atoms with Crippen LogP contribution in [-0.2, 0) is 6.54 Å². The topological polar surface area (TPSA) is 21.1 Å². The Morgan fingerprint density at radius 3 is 2.53 bits per heavy atom. The van der Waals surface area contributed by atoms with Gasteiger partial charge in [0.15, 0.2) is 0 Å². The van der Waals surface area contributed by atoms with E-state index in [9.17, 15) is 0 Å². The van der Waals surface area contributed by atoms with Crippen molar-refractivity contribution in [3.8, 4) is 0 Å². The van der Waals surface area contributed by atoms with Crippen LogP contribution in [0.15, 0.2) is 12.3 Å². The van der Waals surface area contributed by atoms with Crippen molar-refractivity contribution in [2.75, 3.05) is 11.9 Å². The smallest absolute Gasteiger partial charge is 0.0764 e. The molecule has 1 heterocycles. The summed E-state index contributed by atoms with van der Waals surface area (Å²) in [5.41, 5.74) is 1.19. The molecule has 0 saturated heterocycles. The van der Waals surface area contributed by atoms with Crippen LogP contribution in [0.1, 0.15) is 58.7 Å². The van der Waals surface area contributed by atoms with Crippen LogP contribution in [0.2, 0.25) is 0 Å². The molecule has 0 spiro atoms. The van der Waals surface area contributed by atoms with Gasteiger partial charge in [0, 0.05) is 24.1 Å². The molecule has 1 aromatic rings. The van der Waals surface area contributed by atoms with E-state index in [0.717, 1.165) is 31.3 Å². The summed E-state index contributed by atoms with van der Waals surface area (Å²) >= 11 is 3.51. The number of halogens is 1. The minimum Gasteiger partial charge on any atom is -0.295 e.